The summed E-state index contributed by atoms with van der Waals surface area (Å²) in [4.78, 5) is 0.190. The summed E-state index contributed by atoms with van der Waals surface area (Å²) in [6, 6.07) is 18.0. The van der Waals surface area contributed by atoms with Gasteiger partial charge in [-0.1, -0.05) is 63.9 Å². The van der Waals surface area contributed by atoms with Gasteiger partial charge in [0.05, 0.1) is 11.9 Å². The maximum absolute atomic E-state index is 6.22. The van der Waals surface area contributed by atoms with Gasteiger partial charge in [-0.05, 0) is 30.2 Å². The van der Waals surface area contributed by atoms with Crippen molar-refractivity contribution in [3.8, 4) is 5.69 Å². The number of rotatable bonds is 4. The van der Waals surface area contributed by atoms with Crippen LogP contribution < -0.4 is 0 Å². The largest absolute Gasteiger partial charge is 0.241 e. The number of aromatic nitrogens is 2. The summed E-state index contributed by atoms with van der Waals surface area (Å²) in [5.41, 5.74) is 3.33. The summed E-state index contributed by atoms with van der Waals surface area (Å²) in [5, 5.41) is 5.23. The van der Waals surface area contributed by atoms with Crippen molar-refractivity contribution < 1.29 is 0 Å². The zero-order chi connectivity index (χ0) is 14.7. The lowest BCUT2D eigenvalue weighted by Gasteiger charge is -2.09. The van der Waals surface area contributed by atoms with Gasteiger partial charge in [0.25, 0.3) is 0 Å². The molecule has 1 heterocycles. The Morgan fingerprint density at radius 3 is 2.52 bits per heavy atom. The predicted octanol–water partition coefficient (Wildman–Crippen LogP) is 5.20. The third-order valence-electron chi connectivity index (χ3n) is 3.34. The topological polar surface area (TPSA) is 17.8 Å². The van der Waals surface area contributed by atoms with Crippen molar-refractivity contribution >= 4 is 27.5 Å². The molecule has 21 heavy (non-hydrogen) atoms. The minimum Gasteiger partial charge on any atom is -0.241 e. The molecule has 0 bridgehead atoms. The zero-order valence-electron chi connectivity index (χ0n) is 11.3. The zero-order valence-corrected chi connectivity index (χ0v) is 13.6. The molecular weight excluding hydrogens is 348 g/mol. The second-order valence-corrected chi connectivity index (χ2v) is 6.33. The Bertz CT molecular complexity index is 724. The van der Waals surface area contributed by atoms with E-state index < -0.39 is 0 Å². The van der Waals surface area contributed by atoms with Gasteiger partial charge in [-0.2, -0.15) is 5.10 Å². The first kappa shape index (κ1) is 14.4. The van der Waals surface area contributed by atoms with Gasteiger partial charge in [0.2, 0.25) is 0 Å². The summed E-state index contributed by atoms with van der Waals surface area (Å²) in [7, 11) is 0. The summed E-state index contributed by atoms with van der Waals surface area (Å²) in [5.74, 6) is 0. The van der Waals surface area contributed by atoms with Crippen molar-refractivity contribution in [2.45, 2.75) is 11.2 Å². The van der Waals surface area contributed by atoms with Crippen LogP contribution in [0.3, 0.4) is 0 Å². The fourth-order valence-electron chi connectivity index (χ4n) is 2.20. The number of hydrogen-bond acceptors (Lipinski definition) is 1. The normalized spacial score (nSPS) is 12.3. The molecule has 1 aromatic heterocycles. The molecule has 2 aromatic carbocycles. The number of halogens is 2. The van der Waals surface area contributed by atoms with Crippen LogP contribution in [0.25, 0.3) is 5.69 Å². The van der Waals surface area contributed by atoms with Crippen LogP contribution in [0.4, 0.5) is 0 Å². The highest BCUT2D eigenvalue weighted by atomic mass is 79.9. The quantitative estimate of drug-likeness (QED) is 0.584. The van der Waals surface area contributed by atoms with Crippen molar-refractivity contribution in [2.75, 3.05) is 0 Å². The van der Waals surface area contributed by atoms with Gasteiger partial charge in [-0.3, -0.25) is 0 Å². The first-order chi connectivity index (χ1) is 10.2. The molecule has 3 rings (SSSR count). The summed E-state index contributed by atoms with van der Waals surface area (Å²) in [6.45, 7) is 0. The SMILES string of the molecule is Clc1ccccc1CC(Br)c1cnn(-c2ccccc2)c1. The molecule has 0 aliphatic carbocycles. The van der Waals surface area contributed by atoms with Gasteiger partial charge in [-0.15, -0.1) is 0 Å². The minimum atomic E-state index is 0.190. The van der Waals surface area contributed by atoms with E-state index in [0.29, 0.717) is 0 Å². The molecule has 0 amide bonds. The Hall–Kier alpha value is -1.58. The van der Waals surface area contributed by atoms with Gasteiger partial charge in [0, 0.05) is 21.6 Å². The third kappa shape index (κ3) is 3.36. The molecule has 0 fully saturated rings. The van der Waals surface area contributed by atoms with Gasteiger partial charge in [-0.25, -0.2) is 4.68 Å². The minimum absolute atomic E-state index is 0.190. The first-order valence-electron chi connectivity index (χ1n) is 6.71. The summed E-state index contributed by atoms with van der Waals surface area (Å²) >= 11 is 9.95. The van der Waals surface area contributed by atoms with Crippen molar-refractivity contribution in [3.63, 3.8) is 0 Å². The molecule has 0 aliphatic heterocycles. The third-order valence-corrected chi connectivity index (χ3v) is 4.56. The van der Waals surface area contributed by atoms with Crippen LogP contribution in [0, 0.1) is 0 Å². The van der Waals surface area contributed by atoms with E-state index in [1.54, 1.807) is 0 Å². The maximum atomic E-state index is 6.22. The Balaban J connectivity index is 1.79. The summed E-state index contributed by atoms with van der Waals surface area (Å²) in [6.07, 6.45) is 4.77. The van der Waals surface area contributed by atoms with Crippen LogP contribution in [0.15, 0.2) is 67.0 Å². The molecule has 106 valence electrons. The highest BCUT2D eigenvalue weighted by molar-refractivity contribution is 9.09. The molecule has 2 nitrogen and oxygen atoms in total. The van der Waals surface area contributed by atoms with E-state index >= 15 is 0 Å². The molecule has 0 spiro atoms. The van der Waals surface area contributed by atoms with Gasteiger partial charge >= 0.3 is 0 Å². The molecule has 1 unspecified atom stereocenters. The van der Waals surface area contributed by atoms with E-state index in [-0.39, 0.29) is 4.83 Å². The fourth-order valence-corrected chi connectivity index (χ4v) is 2.99. The average molecular weight is 362 g/mol. The standard InChI is InChI=1S/C17H14BrClN2/c18-16(10-13-6-4-5-9-17(13)19)14-11-20-21(12-14)15-7-2-1-3-8-15/h1-9,11-12,16H,10H2. The lowest BCUT2D eigenvalue weighted by molar-refractivity contribution is 0.878. The van der Waals surface area contributed by atoms with Gasteiger partial charge < -0.3 is 0 Å². The van der Waals surface area contributed by atoms with Crippen molar-refractivity contribution in [1.29, 1.82) is 0 Å². The molecule has 0 N–H and O–H groups in total. The number of alkyl halides is 1. The van der Waals surface area contributed by atoms with Crippen LogP contribution in [0.2, 0.25) is 5.02 Å². The molecule has 3 aromatic rings. The molecule has 0 saturated carbocycles. The molecular formula is C17H14BrClN2. The highest BCUT2D eigenvalue weighted by Gasteiger charge is 2.13. The van der Waals surface area contributed by atoms with E-state index in [9.17, 15) is 0 Å². The predicted molar refractivity (Wildman–Crippen MR) is 90.4 cm³/mol. The Morgan fingerprint density at radius 1 is 1.05 bits per heavy atom. The van der Waals surface area contributed by atoms with Crippen molar-refractivity contribution in [2.24, 2.45) is 0 Å². The van der Waals surface area contributed by atoms with Crippen LogP contribution in [-0.4, -0.2) is 9.78 Å². The smallest absolute Gasteiger partial charge is 0.0645 e. The number of nitrogens with zero attached hydrogens (tertiary/aromatic N) is 2. The first-order valence-corrected chi connectivity index (χ1v) is 8.01. The van der Waals surface area contributed by atoms with E-state index in [1.807, 2.05) is 65.6 Å². The second-order valence-electron chi connectivity index (χ2n) is 4.82. The average Bonchev–Trinajstić information content (AvgIpc) is 3.00. The molecule has 0 saturated heterocycles. The van der Waals surface area contributed by atoms with E-state index in [4.69, 9.17) is 11.6 Å². The van der Waals surface area contributed by atoms with Crippen LogP contribution >= 0.6 is 27.5 Å². The van der Waals surface area contributed by atoms with Crippen molar-refractivity contribution in [3.05, 3.63) is 83.1 Å². The Kier molecular flexibility index (Phi) is 4.42. The summed E-state index contributed by atoms with van der Waals surface area (Å²) < 4.78 is 1.89. The highest BCUT2D eigenvalue weighted by Crippen LogP contribution is 2.29. The molecule has 4 heteroatoms. The van der Waals surface area contributed by atoms with Crippen LogP contribution in [0.5, 0.6) is 0 Å². The van der Waals surface area contributed by atoms with E-state index in [2.05, 4.69) is 27.1 Å². The van der Waals surface area contributed by atoms with Crippen LogP contribution in [-0.2, 0) is 6.42 Å². The van der Waals surface area contributed by atoms with Gasteiger partial charge in [0.1, 0.15) is 0 Å². The lowest BCUT2D eigenvalue weighted by atomic mass is 10.1. The Labute approximate surface area is 137 Å². The monoisotopic (exact) mass is 360 g/mol. The molecule has 0 radical (unpaired) electrons. The van der Waals surface area contributed by atoms with E-state index in [0.717, 1.165) is 28.3 Å². The second kappa shape index (κ2) is 6.46. The number of benzene rings is 2. The van der Waals surface area contributed by atoms with Crippen molar-refractivity contribution in [1.82, 2.24) is 9.78 Å². The van der Waals surface area contributed by atoms with Crippen LogP contribution in [0.1, 0.15) is 16.0 Å². The molecule has 1 atom stereocenters. The van der Waals surface area contributed by atoms with E-state index in [1.165, 1.54) is 0 Å². The fraction of sp³-hybridized carbons (Fsp3) is 0.118. The number of para-hydroxylation sites is 1. The van der Waals surface area contributed by atoms with Gasteiger partial charge in [0.15, 0.2) is 0 Å². The Morgan fingerprint density at radius 2 is 1.76 bits per heavy atom. The lowest BCUT2D eigenvalue weighted by Crippen LogP contribution is -1.96. The maximum Gasteiger partial charge on any atom is 0.0645 e. The molecule has 0 aliphatic rings. The number of hydrogen-bond donors (Lipinski definition) is 0.